The zero-order chi connectivity index (χ0) is 10.7. The molecule has 1 heterocycles. The molecule has 0 aromatic carbocycles. The normalized spacial score (nSPS) is 18.0. The minimum Gasteiger partial charge on any atom is -0.323 e. The summed E-state index contributed by atoms with van der Waals surface area (Å²) in [4.78, 5) is 4.63. The van der Waals surface area contributed by atoms with Crippen LogP contribution in [0.4, 0.5) is 0 Å². The Morgan fingerprint density at radius 3 is 3.13 bits per heavy atom. The van der Waals surface area contributed by atoms with Gasteiger partial charge in [0.25, 0.3) is 0 Å². The monoisotopic (exact) mass is 242 g/mol. The summed E-state index contributed by atoms with van der Waals surface area (Å²) in [7, 11) is 0. The van der Waals surface area contributed by atoms with E-state index < -0.39 is 0 Å². The highest BCUT2D eigenvalue weighted by Gasteiger charge is 2.23. The van der Waals surface area contributed by atoms with Crippen molar-refractivity contribution in [1.82, 2.24) is 4.98 Å². The van der Waals surface area contributed by atoms with Crippen molar-refractivity contribution < 1.29 is 0 Å². The molecule has 84 valence electrons. The van der Waals surface area contributed by atoms with Gasteiger partial charge in [-0.15, -0.1) is 11.3 Å². The van der Waals surface area contributed by atoms with Crippen molar-refractivity contribution in [3.05, 3.63) is 16.1 Å². The second-order valence-electron chi connectivity index (χ2n) is 4.20. The van der Waals surface area contributed by atoms with Crippen molar-refractivity contribution in [2.45, 2.75) is 31.7 Å². The zero-order valence-electron chi connectivity index (χ0n) is 9.11. The molecule has 0 amide bonds. The first-order chi connectivity index (χ1) is 7.29. The second kappa shape index (κ2) is 5.32. The first kappa shape index (κ1) is 11.4. The fourth-order valence-electron chi connectivity index (χ4n) is 1.55. The highest BCUT2D eigenvalue weighted by atomic mass is 32.2. The molecule has 1 atom stereocenters. The molecule has 2 nitrogen and oxygen atoms in total. The van der Waals surface area contributed by atoms with Gasteiger partial charge in [-0.1, -0.05) is 0 Å². The van der Waals surface area contributed by atoms with Crippen molar-refractivity contribution in [1.29, 1.82) is 0 Å². The molecular weight excluding hydrogens is 224 g/mol. The molecule has 0 saturated heterocycles. The third-order valence-corrected chi connectivity index (χ3v) is 4.28. The lowest BCUT2D eigenvalue weighted by Gasteiger charge is -2.06. The molecule has 0 aliphatic heterocycles. The third-order valence-electron chi connectivity index (χ3n) is 2.74. The number of nitrogens with zero attached hydrogens (tertiary/aromatic N) is 1. The predicted molar refractivity (Wildman–Crippen MR) is 68.5 cm³/mol. The maximum atomic E-state index is 6.07. The summed E-state index contributed by atoms with van der Waals surface area (Å²) < 4.78 is 0. The van der Waals surface area contributed by atoms with Crippen LogP contribution in [0.5, 0.6) is 0 Å². The number of nitrogens with two attached hydrogens (primary N) is 1. The molecule has 2 rings (SSSR count). The van der Waals surface area contributed by atoms with Gasteiger partial charge in [0.05, 0.1) is 10.7 Å². The van der Waals surface area contributed by atoms with Crippen molar-refractivity contribution in [2.24, 2.45) is 11.7 Å². The lowest BCUT2D eigenvalue weighted by Crippen LogP contribution is -2.11. The molecule has 1 fully saturated rings. The minimum absolute atomic E-state index is 0.140. The molecule has 1 aromatic rings. The first-order valence-corrected chi connectivity index (χ1v) is 7.75. The first-order valence-electron chi connectivity index (χ1n) is 5.48. The zero-order valence-corrected chi connectivity index (χ0v) is 10.7. The Hall–Kier alpha value is -0.0600. The Morgan fingerprint density at radius 1 is 1.67 bits per heavy atom. The van der Waals surface area contributed by atoms with Gasteiger partial charge < -0.3 is 5.73 Å². The van der Waals surface area contributed by atoms with Crippen LogP contribution in [0.3, 0.4) is 0 Å². The van der Waals surface area contributed by atoms with Crippen LogP contribution in [0.25, 0.3) is 0 Å². The maximum absolute atomic E-state index is 6.07. The lowest BCUT2D eigenvalue weighted by molar-refractivity contribution is 0.680. The lowest BCUT2D eigenvalue weighted by atomic mass is 10.2. The number of hydrogen-bond acceptors (Lipinski definition) is 4. The highest BCUT2D eigenvalue weighted by Crippen LogP contribution is 2.33. The Kier molecular flexibility index (Phi) is 4.05. The van der Waals surface area contributed by atoms with E-state index in [0.717, 1.165) is 23.8 Å². The quantitative estimate of drug-likeness (QED) is 0.833. The van der Waals surface area contributed by atoms with Crippen LogP contribution in [0.1, 0.15) is 36.0 Å². The Morgan fingerprint density at radius 2 is 2.47 bits per heavy atom. The van der Waals surface area contributed by atoms with Gasteiger partial charge in [0.1, 0.15) is 0 Å². The minimum atomic E-state index is 0.140. The van der Waals surface area contributed by atoms with E-state index in [1.165, 1.54) is 24.3 Å². The SMILES string of the molecule is CSCCC(N)c1csc(CC2CC2)n1. The van der Waals surface area contributed by atoms with Crippen LogP contribution in [0.2, 0.25) is 0 Å². The smallest absolute Gasteiger partial charge is 0.0931 e. The number of hydrogen-bond donors (Lipinski definition) is 1. The van der Waals surface area contributed by atoms with Gasteiger partial charge in [0.2, 0.25) is 0 Å². The van der Waals surface area contributed by atoms with Crippen LogP contribution in [-0.2, 0) is 6.42 Å². The summed E-state index contributed by atoms with van der Waals surface area (Å²) in [5.74, 6) is 2.04. The fourth-order valence-corrected chi connectivity index (χ4v) is 3.01. The molecule has 1 aliphatic carbocycles. The molecule has 1 unspecified atom stereocenters. The Balaban J connectivity index is 1.86. The predicted octanol–water partition coefficient (Wildman–Crippen LogP) is 2.85. The highest BCUT2D eigenvalue weighted by molar-refractivity contribution is 7.98. The standard InChI is InChI=1S/C11H18N2S2/c1-14-5-4-9(12)10-7-15-11(13-10)6-8-2-3-8/h7-9H,2-6,12H2,1H3. The van der Waals surface area contributed by atoms with Crippen LogP contribution < -0.4 is 5.73 Å². The Bertz CT molecular complexity index is 307. The fraction of sp³-hybridized carbons (Fsp3) is 0.727. The van der Waals surface area contributed by atoms with Gasteiger partial charge >= 0.3 is 0 Å². The number of thiazole rings is 1. The molecule has 15 heavy (non-hydrogen) atoms. The molecule has 1 saturated carbocycles. The number of aromatic nitrogens is 1. The summed E-state index contributed by atoms with van der Waals surface area (Å²) in [5, 5.41) is 3.43. The maximum Gasteiger partial charge on any atom is 0.0931 e. The average molecular weight is 242 g/mol. The van der Waals surface area contributed by atoms with Gasteiger partial charge in [-0.2, -0.15) is 11.8 Å². The second-order valence-corrected chi connectivity index (χ2v) is 6.13. The van der Waals surface area contributed by atoms with E-state index in [9.17, 15) is 0 Å². The van der Waals surface area contributed by atoms with Crippen molar-refractivity contribution in [2.75, 3.05) is 12.0 Å². The van der Waals surface area contributed by atoms with Crippen LogP contribution >= 0.6 is 23.1 Å². The van der Waals surface area contributed by atoms with Gasteiger partial charge in [0.15, 0.2) is 0 Å². The largest absolute Gasteiger partial charge is 0.323 e. The van der Waals surface area contributed by atoms with Crippen molar-refractivity contribution in [3.63, 3.8) is 0 Å². The molecule has 1 aliphatic rings. The molecule has 1 aromatic heterocycles. The molecule has 4 heteroatoms. The summed E-state index contributed by atoms with van der Waals surface area (Å²) in [5.41, 5.74) is 7.17. The summed E-state index contributed by atoms with van der Waals surface area (Å²) in [6.45, 7) is 0. The number of thioether (sulfide) groups is 1. The van der Waals surface area contributed by atoms with E-state index in [1.54, 1.807) is 11.3 Å². The van der Waals surface area contributed by atoms with E-state index in [2.05, 4.69) is 16.6 Å². The van der Waals surface area contributed by atoms with Crippen LogP contribution in [-0.4, -0.2) is 17.0 Å². The van der Waals surface area contributed by atoms with E-state index in [4.69, 9.17) is 5.73 Å². The van der Waals surface area contributed by atoms with E-state index in [1.807, 2.05) is 11.8 Å². The van der Waals surface area contributed by atoms with Crippen molar-refractivity contribution in [3.8, 4) is 0 Å². The number of rotatable bonds is 6. The summed E-state index contributed by atoms with van der Waals surface area (Å²) >= 11 is 3.63. The van der Waals surface area contributed by atoms with E-state index >= 15 is 0 Å². The summed E-state index contributed by atoms with van der Waals surface area (Å²) in [6, 6.07) is 0.140. The molecule has 2 N–H and O–H groups in total. The van der Waals surface area contributed by atoms with Crippen LogP contribution in [0, 0.1) is 5.92 Å². The van der Waals surface area contributed by atoms with Gasteiger partial charge in [-0.25, -0.2) is 4.98 Å². The van der Waals surface area contributed by atoms with Gasteiger partial charge in [-0.3, -0.25) is 0 Å². The van der Waals surface area contributed by atoms with E-state index in [0.29, 0.717) is 0 Å². The summed E-state index contributed by atoms with van der Waals surface area (Å²) in [6.07, 6.45) is 7.13. The van der Waals surface area contributed by atoms with E-state index in [-0.39, 0.29) is 6.04 Å². The topological polar surface area (TPSA) is 38.9 Å². The Labute approximate surface area is 99.7 Å². The molecule has 0 radical (unpaired) electrons. The molecule has 0 bridgehead atoms. The average Bonchev–Trinajstić information content (AvgIpc) is 2.91. The molecular formula is C11H18N2S2. The van der Waals surface area contributed by atoms with Gasteiger partial charge in [-0.05, 0) is 37.2 Å². The van der Waals surface area contributed by atoms with Gasteiger partial charge in [0, 0.05) is 17.8 Å². The van der Waals surface area contributed by atoms with Crippen LogP contribution in [0.15, 0.2) is 5.38 Å². The van der Waals surface area contributed by atoms with Crippen molar-refractivity contribution >= 4 is 23.1 Å². The third kappa shape index (κ3) is 3.47. The molecule has 0 spiro atoms.